The third-order valence-electron chi connectivity index (χ3n) is 2.13. The van der Waals surface area contributed by atoms with Crippen molar-refractivity contribution in [3.63, 3.8) is 0 Å². The van der Waals surface area contributed by atoms with Crippen molar-refractivity contribution in [3.8, 4) is 0 Å². The Morgan fingerprint density at radius 3 is 2.53 bits per heavy atom. The van der Waals surface area contributed by atoms with Crippen LogP contribution < -0.4 is 0 Å². The summed E-state index contributed by atoms with van der Waals surface area (Å²) in [5.41, 5.74) is 0.934. The topological polar surface area (TPSA) is 46.5 Å². The van der Waals surface area contributed by atoms with E-state index in [1.54, 1.807) is 19.2 Å². The van der Waals surface area contributed by atoms with Gasteiger partial charge in [-0.15, -0.1) is 0 Å². The number of benzene rings is 1. The van der Waals surface area contributed by atoms with Gasteiger partial charge in [-0.1, -0.05) is 23.7 Å². The highest BCUT2D eigenvalue weighted by atomic mass is 35.5. The maximum absolute atomic E-state index is 10.6. The van der Waals surface area contributed by atoms with E-state index in [1.165, 1.54) is 0 Å². The minimum Gasteiger partial charge on any atom is -0.481 e. The molecule has 0 aliphatic carbocycles. The van der Waals surface area contributed by atoms with Crippen LogP contribution in [0.3, 0.4) is 0 Å². The van der Waals surface area contributed by atoms with Gasteiger partial charge in [0.15, 0.2) is 0 Å². The third-order valence-corrected chi connectivity index (χ3v) is 2.38. The molecule has 1 aromatic carbocycles. The van der Waals surface area contributed by atoms with Gasteiger partial charge in [-0.25, -0.2) is 0 Å². The molecule has 0 saturated carbocycles. The molecule has 0 aliphatic rings. The Hall–Kier alpha value is -1.06. The first-order chi connectivity index (χ1) is 7.13. The summed E-state index contributed by atoms with van der Waals surface area (Å²) in [6.07, 6.45) is 0.0650. The van der Waals surface area contributed by atoms with Gasteiger partial charge in [-0.3, -0.25) is 4.79 Å². The molecule has 15 heavy (non-hydrogen) atoms. The van der Waals surface area contributed by atoms with Gasteiger partial charge >= 0.3 is 5.97 Å². The zero-order valence-electron chi connectivity index (χ0n) is 8.44. The zero-order chi connectivity index (χ0) is 11.3. The van der Waals surface area contributed by atoms with Gasteiger partial charge < -0.3 is 9.84 Å². The van der Waals surface area contributed by atoms with E-state index < -0.39 is 5.97 Å². The van der Waals surface area contributed by atoms with Gasteiger partial charge in [0.2, 0.25) is 0 Å². The number of carboxylic acid groups (broad SMARTS) is 1. The fraction of sp³-hybridized carbons (Fsp3) is 0.364. The molecular weight excluding hydrogens is 216 g/mol. The highest BCUT2D eigenvalue weighted by Crippen LogP contribution is 2.21. The molecule has 0 amide bonds. The van der Waals surface area contributed by atoms with Crippen molar-refractivity contribution in [2.75, 3.05) is 13.7 Å². The molecule has 0 fully saturated rings. The standard InChI is InChI=1S/C11H13ClO3/c1-15-7-9(6-11(13)14)8-2-4-10(12)5-3-8/h2-5,9H,6-7H2,1H3,(H,13,14). The molecule has 1 atom stereocenters. The number of methoxy groups -OCH3 is 1. The summed E-state index contributed by atoms with van der Waals surface area (Å²) in [4.78, 5) is 10.6. The summed E-state index contributed by atoms with van der Waals surface area (Å²) < 4.78 is 4.99. The van der Waals surface area contributed by atoms with Crippen molar-refractivity contribution >= 4 is 17.6 Å². The van der Waals surface area contributed by atoms with E-state index >= 15 is 0 Å². The Morgan fingerprint density at radius 2 is 2.07 bits per heavy atom. The smallest absolute Gasteiger partial charge is 0.304 e. The Labute approximate surface area is 93.6 Å². The minimum atomic E-state index is -0.827. The fourth-order valence-corrected chi connectivity index (χ4v) is 1.55. The molecule has 4 heteroatoms. The minimum absolute atomic E-state index is 0.0650. The number of carboxylic acids is 1. The quantitative estimate of drug-likeness (QED) is 0.843. The van der Waals surface area contributed by atoms with Crippen LogP contribution in [0.5, 0.6) is 0 Å². The van der Waals surface area contributed by atoms with Crippen molar-refractivity contribution in [2.45, 2.75) is 12.3 Å². The third kappa shape index (κ3) is 3.90. The first-order valence-electron chi connectivity index (χ1n) is 4.59. The van der Waals surface area contributed by atoms with E-state index in [0.29, 0.717) is 11.6 Å². The number of halogens is 1. The molecule has 0 aromatic heterocycles. The average molecular weight is 229 g/mol. The van der Waals surface area contributed by atoms with E-state index in [4.69, 9.17) is 21.4 Å². The molecule has 1 unspecified atom stereocenters. The molecule has 0 spiro atoms. The van der Waals surface area contributed by atoms with E-state index in [0.717, 1.165) is 5.56 Å². The molecule has 1 rings (SSSR count). The van der Waals surface area contributed by atoms with Crippen LogP contribution in [0.25, 0.3) is 0 Å². The summed E-state index contributed by atoms with van der Waals surface area (Å²) >= 11 is 5.75. The largest absolute Gasteiger partial charge is 0.481 e. The predicted octanol–water partition coefficient (Wildman–Crippen LogP) is 2.54. The van der Waals surface area contributed by atoms with Crippen molar-refractivity contribution in [2.24, 2.45) is 0 Å². The lowest BCUT2D eigenvalue weighted by Gasteiger charge is -2.13. The lowest BCUT2D eigenvalue weighted by molar-refractivity contribution is -0.137. The molecule has 0 heterocycles. The van der Waals surface area contributed by atoms with Crippen LogP contribution in [-0.4, -0.2) is 24.8 Å². The number of aliphatic carboxylic acids is 1. The molecule has 3 nitrogen and oxygen atoms in total. The molecule has 0 aliphatic heterocycles. The molecule has 0 radical (unpaired) electrons. The SMILES string of the molecule is COCC(CC(=O)O)c1ccc(Cl)cc1. The summed E-state index contributed by atoms with van der Waals surface area (Å²) in [6, 6.07) is 7.16. The van der Waals surface area contributed by atoms with Crippen molar-refractivity contribution in [1.29, 1.82) is 0 Å². The molecule has 82 valence electrons. The van der Waals surface area contributed by atoms with Crippen molar-refractivity contribution in [1.82, 2.24) is 0 Å². The fourth-order valence-electron chi connectivity index (χ4n) is 1.42. The van der Waals surface area contributed by atoms with Crippen LogP contribution in [0, 0.1) is 0 Å². The van der Waals surface area contributed by atoms with Crippen LogP contribution in [0.15, 0.2) is 24.3 Å². The maximum Gasteiger partial charge on any atom is 0.304 e. The number of ether oxygens (including phenoxy) is 1. The summed E-state index contributed by atoms with van der Waals surface area (Å²) in [6.45, 7) is 0.397. The average Bonchev–Trinajstić information content (AvgIpc) is 2.17. The first-order valence-corrected chi connectivity index (χ1v) is 4.97. The number of hydrogen-bond acceptors (Lipinski definition) is 2. The normalized spacial score (nSPS) is 12.4. The van der Waals surface area contributed by atoms with Crippen LogP contribution in [-0.2, 0) is 9.53 Å². The van der Waals surface area contributed by atoms with E-state index in [-0.39, 0.29) is 12.3 Å². The monoisotopic (exact) mass is 228 g/mol. The summed E-state index contributed by atoms with van der Waals surface area (Å²) in [5, 5.41) is 9.39. The van der Waals surface area contributed by atoms with Crippen molar-refractivity contribution in [3.05, 3.63) is 34.9 Å². The maximum atomic E-state index is 10.6. The van der Waals surface area contributed by atoms with Gasteiger partial charge in [0, 0.05) is 18.1 Å². The lowest BCUT2D eigenvalue weighted by Crippen LogP contribution is -2.11. The number of hydrogen-bond donors (Lipinski definition) is 1. The molecule has 1 N–H and O–H groups in total. The van der Waals surface area contributed by atoms with Gasteiger partial charge in [-0.2, -0.15) is 0 Å². The molecule has 0 saturated heterocycles. The Bertz CT molecular complexity index is 321. The Kier molecular flexibility index (Phi) is 4.59. The van der Waals surface area contributed by atoms with E-state index in [2.05, 4.69) is 0 Å². The molecular formula is C11H13ClO3. The predicted molar refractivity (Wildman–Crippen MR) is 58.3 cm³/mol. The Balaban J connectivity index is 2.78. The van der Waals surface area contributed by atoms with Gasteiger partial charge in [-0.05, 0) is 17.7 Å². The second kappa shape index (κ2) is 5.73. The number of rotatable bonds is 5. The molecule has 1 aromatic rings. The first kappa shape index (κ1) is 12.0. The van der Waals surface area contributed by atoms with Crippen molar-refractivity contribution < 1.29 is 14.6 Å². The van der Waals surface area contributed by atoms with Gasteiger partial charge in [0.1, 0.15) is 0 Å². The highest BCUT2D eigenvalue weighted by molar-refractivity contribution is 6.30. The second-order valence-electron chi connectivity index (χ2n) is 3.30. The molecule has 0 bridgehead atoms. The second-order valence-corrected chi connectivity index (χ2v) is 3.74. The van der Waals surface area contributed by atoms with Gasteiger partial charge in [0.05, 0.1) is 13.0 Å². The van der Waals surface area contributed by atoms with E-state index in [9.17, 15) is 4.79 Å². The van der Waals surface area contributed by atoms with Gasteiger partial charge in [0.25, 0.3) is 0 Å². The van der Waals surface area contributed by atoms with E-state index in [1.807, 2.05) is 12.1 Å². The number of carbonyl (C=O) groups is 1. The zero-order valence-corrected chi connectivity index (χ0v) is 9.20. The summed E-state index contributed by atoms with van der Waals surface area (Å²) in [7, 11) is 1.56. The summed E-state index contributed by atoms with van der Waals surface area (Å²) in [5.74, 6) is -0.947. The van der Waals surface area contributed by atoms with Crippen LogP contribution in [0.4, 0.5) is 0 Å². The van der Waals surface area contributed by atoms with Crippen LogP contribution >= 0.6 is 11.6 Å². The lowest BCUT2D eigenvalue weighted by atomic mass is 9.97. The van der Waals surface area contributed by atoms with Crippen LogP contribution in [0.1, 0.15) is 17.9 Å². The Morgan fingerprint density at radius 1 is 1.47 bits per heavy atom. The van der Waals surface area contributed by atoms with Crippen LogP contribution in [0.2, 0.25) is 5.02 Å². The highest BCUT2D eigenvalue weighted by Gasteiger charge is 2.15.